The molecule has 0 fully saturated rings. The number of hydrogen-bond acceptors (Lipinski definition) is 6. The molecule has 194 valence electrons. The Bertz CT molecular complexity index is 921. The number of carbonyl (C=O) groups is 4. The smallest absolute Gasteiger partial charge is 0.317 e. The molecule has 2 aromatic rings. The molecule has 0 aliphatic rings. The van der Waals surface area contributed by atoms with Crippen molar-refractivity contribution in [3.05, 3.63) is 71.8 Å². The monoisotopic (exact) mass is 498 g/mol. The van der Waals surface area contributed by atoms with Crippen LogP contribution in [0.4, 0.5) is 0 Å². The third-order valence-electron chi connectivity index (χ3n) is 5.54. The van der Waals surface area contributed by atoms with Crippen molar-refractivity contribution in [3.63, 3.8) is 0 Å². The van der Waals surface area contributed by atoms with Crippen molar-refractivity contribution in [1.82, 2.24) is 20.4 Å². The van der Waals surface area contributed by atoms with Crippen LogP contribution in [0, 0.1) is 0 Å². The SMILES string of the molecule is CC(NC(=O)CN(CCN(CC(=O)O)CC(=O)NC(C)c1ccccc1)CC(=O)O)c1ccccc1. The summed E-state index contributed by atoms with van der Waals surface area (Å²) in [7, 11) is 0. The van der Waals surface area contributed by atoms with Crippen molar-refractivity contribution in [3.8, 4) is 0 Å². The first-order valence-corrected chi connectivity index (χ1v) is 11.7. The van der Waals surface area contributed by atoms with Gasteiger partial charge in [-0.2, -0.15) is 0 Å². The Balaban J connectivity index is 1.94. The number of nitrogens with one attached hydrogen (secondary N) is 2. The van der Waals surface area contributed by atoms with Crippen LogP contribution in [-0.2, 0) is 19.2 Å². The van der Waals surface area contributed by atoms with Gasteiger partial charge < -0.3 is 20.8 Å². The summed E-state index contributed by atoms with van der Waals surface area (Å²) in [5.41, 5.74) is 1.83. The lowest BCUT2D eigenvalue weighted by Crippen LogP contribution is -2.46. The van der Waals surface area contributed by atoms with E-state index in [4.69, 9.17) is 0 Å². The molecule has 4 N–H and O–H groups in total. The van der Waals surface area contributed by atoms with Crippen molar-refractivity contribution >= 4 is 23.8 Å². The molecule has 0 heterocycles. The van der Waals surface area contributed by atoms with E-state index in [2.05, 4.69) is 10.6 Å². The molecule has 0 aliphatic carbocycles. The maximum atomic E-state index is 12.6. The molecular weight excluding hydrogens is 464 g/mol. The van der Waals surface area contributed by atoms with E-state index in [0.29, 0.717) is 0 Å². The second kappa shape index (κ2) is 14.6. The highest BCUT2D eigenvalue weighted by Gasteiger charge is 2.20. The fraction of sp³-hybridized carbons (Fsp3) is 0.385. The Labute approximate surface area is 210 Å². The number of amides is 2. The van der Waals surface area contributed by atoms with E-state index in [1.165, 1.54) is 9.80 Å². The van der Waals surface area contributed by atoms with Crippen molar-refractivity contribution in [2.45, 2.75) is 25.9 Å². The molecule has 0 saturated heterocycles. The van der Waals surface area contributed by atoms with Crippen LogP contribution in [-0.4, -0.2) is 83.0 Å². The predicted octanol–water partition coefficient (Wildman–Crippen LogP) is 1.51. The minimum Gasteiger partial charge on any atom is -0.480 e. The molecule has 0 radical (unpaired) electrons. The summed E-state index contributed by atoms with van der Waals surface area (Å²) in [6.07, 6.45) is 0. The van der Waals surface area contributed by atoms with E-state index >= 15 is 0 Å². The molecule has 2 unspecified atom stereocenters. The summed E-state index contributed by atoms with van der Waals surface area (Å²) in [4.78, 5) is 50.6. The number of carboxylic acid groups (broad SMARTS) is 2. The minimum absolute atomic E-state index is 0.0915. The molecule has 0 spiro atoms. The zero-order valence-corrected chi connectivity index (χ0v) is 20.6. The third kappa shape index (κ3) is 10.7. The fourth-order valence-electron chi connectivity index (χ4n) is 3.72. The second-order valence-electron chi connectivity index (χ2n) is 8.61. The lowest BCUT2D eigenvalue weighted by atomic mass is 10.1. The summed E-state index contributed by atoms with van der Waals surface area (Å²) in [5, 5.41) is 24.2. The lowest BCUT2D eigenvalue weighted by molar-refractivity contribution is -0.141. The van der Waals surface area contributed by atoms with Crippen molar-refractivity contribution in [2.75, 3.05) is 39.3 Å². The van der Waals surface area contributed by atoms with Crippen LogP contribution < -0.4 is 10.6 Å². The molecule has 2 rings (SSSR count). The largest absolute Gasteiger partial charge is 0.480 e. The summed E-state index contributed by atoms with van der Waals surface area (Å²) in [5.74, 6) is -2.94. The van der Waals surface area contributed by atoms with Gasteiger partial charge in [0.2, 0.25) is 11.8 Å². The fourth-order valence-corrected chi connectivity index (χ4v) is 3.72. The first kappa shape index (κ1) is 28.5. The van der Waals surface area contributed by atoms with E-state index in [1.54, 1.807) is 0 Å². The molecule has 10 heteroatoms. The van der Waals surface area contributed by atoms with Gasteiger partial charge in [-0.05, 0) is 25.0 Å². The molecule has 2 atom stereocenters. The number of carboxylic acids is 2. The van der Waals surface area contributed by atoms with Gasteiger partial charge in [-0.25, -0.2) is 0 Å². The average molecular weight is 499 g/mol. The number of hydrogen-bond donors (Lipinski definition) is 4. The highest BCUT2D eigenvalue weighted by atomic mass is 16.4. The summed E-state index contributed by atoms with van der Waals surface area (Å²) >= 11 is 0. The molecule has 10 nitrogen and oxygen atoms in total. The predicted molar refractivity (Wildman–Crippen MR) is 134 cm³/mol. The maximum Gasteiger partial charge on any atom is 0.317 e. The van der Waals surface area contributed by atoms with Crippen molar-refractivity contribution in [1.29, 1.82) is 0 Å². The first-order chi connectivity index (χ1) is 17.1. The van der Waals surface area contributed by atoms with Gasteiger partial charge in [0.1, 0.15) is 0 Å². The molecule has 2 aromatic carbocycles. The second-order valence-corrected chi connectivity index (χ2v) is 8.61. The van der Waals surface area contributed by atoms with Gasteiger partial charge >= 0.3 is 11.9 Å². The highest BCUT2D eigenvalue weighted by molar-refractivity contribution is 5.80. The Morgan fingerprint density at radius 2 is 0.972 bits per heavy atom. The van der Waals surface area contributed by atoms with Crippen LogP contribution in [0.25, 0.3) is 0 Å². The summed E-state index contributed by atoms with van der Waals surface area (Å²) in [6.45, 7) is 2.69. The van der Waals surface area contributed by atoms with E-state index in [1.807, 2.05) is 74.5 Å². The minimum atomic E-state index is -1.11. The molecular formula is C26H34N4O6. The molecule has 0 aromatic heterocycles. The van der Waals surface area contributed by atoms with Crippen LogP contribution in [0.3, 0.4) is 0 Å². The Morgan fingerprint density at radius 1 is 0.639 bits per heavy atom. The highest BCUT2D eigenvalue weighted by Crippen LogP contribution is 2.12. The van der Waals surface area contributed by atoms with E-state index in [-0.39, 0.29) is 50.1 Å². The van der Waals surface area contributed by atoms with Gasteiger partial charge in [-0.15, -0.1) is 0 Å². The van der Waals surface area contributed by atoms with Crippen LogP contribution in [0.1, 0.15) is 37.1 Å². The van der Waals surface area contributed by atoms with Gasteiger partial charge in [-0.3, -0.25) is 29.0 Å². The first-order valence-electron chi connectivity index (χ1n) is 11.7. The Hall–Kier alpha value is -3.76. The maximum absolute atomic E-state index is 12.6. The zero-order valence-electron chi connectivity index (χ0n) is 20.6. The number of nitrogens with zero attached hydrogens (tertiary/aromatic N) is 2. The summed E-state index contributed by atoms with van der Waals surface area (Å²) in [6, 6.07) is 18.2. The Morgan fingerprint density at radius 3 is 1.28 bits per heavy atom. The third-order valence-corrected chi connectivity index (χ3v) is 5.54. The topological polar surface area (TPSA) is 139 Å². The van der Waals surface area contributed by atoms with Crippen molar-refractivity contribution < 1.29 is 29.4 Å². The molecule has 36 heavy (non-hydrogen) atoms. The normalized spacial score (nSPS) is 12.7. The number of rotatable bonds is 15. The lowest BCUT2D eigenvalue weighted by Gasteiger charge is -2.26. The molecule has 0 aliphatic heterocycles. The standard InChI is InChI=1S/C26H34N4O6/c1-19(21-9-5-3-6-10-21)27-23(31)15-29(17-25(33)34)13-14-30(18-26(35)36)16-24(32)28-20(2)22-11-7-4-8-12-22/h3-12,19-20H,13-18H2,1-2H3,(H,27,31)(H,28,32)(H,33,34)(H,35,36). The van der Waals surface area contributed by atoms with Gasteiger partial charge in [-0.1, -0.05) is 60.7 Å². The van der Waals surface area contributed by atoms with Gasteiger partial charge in [0.25, 0.3) is 0 Å². The van der Waals surface area contributed by atoms with Crippen molar-refractivity contribution in [2.24, 2.45) is 0 Å². The number of aliphatic carboxylic acids is 2. The molecule has 2 amide bonds. The quantitative estimate of drug-likeness (QED) is 0.290. The number of carbonyl (C=O) groups excluding carboxylic acids is 2. The van der Waals surface area contributed by atoms with E-state index < -0.39 is 25.0 Å². The van der Waals surface area contributed by atoms with E-state index in [9.17, 15) is 29.4 Å². The number of benzene rings is 2. The van der Waals surface area contributed by atoms with Crippen LogP contribution in [0.15, 0.2) is 60.7 Å². The van der Waals surface area contributed by atoms with E-state index in [0.717, 1.165) is 11.1 Å². The van der Waals surface area contributed by atoms with Gasteiger partial charge in [0.15, 0.2) is 0 Å². The molecule has 0 saturated carbocycles. The summed E-state index contributed by atoms with van der Waals surface area (Å²) < 4.78 is 0. The van der Waals surface area contributed by atoms with Gasteiger partial charge in [0.05, 0.1) is 38.3 Å². The Kier molecular flexibility index (Phi) is 11.5. The van der Waals surface area contributed by atoms with Crippen LogP contribution >= 0.6 is 0 Å². The zero-order chi connectivity index (χ0) is 26.5. The average Bonchev–Trinajstić information content (AvgIpc) is 2.82. The van der Waals surface area contributed by atoms with Gasteiger partial charge in [0, 0.05) is 13.1 Å². The molecule has 0 bridgehead atoms. The van der Waals surface area contributed by atoms with Crippen LogP contribution in [0.5, 0.6) is 0 Å². The van der Waals surface area contributed by atoms with Crippen LogP contribution in [0.2, 0.25) is 0 Å².